The first-order chi connectivity index (χ1) is 11.1. The summed E-state index contributed by atoms with van der Waals surface area (Å²) < 4.78 is 1.60. The Kier molecular flexibility index (Phi) is 4.36. The smallest absolute Gasteiger partial charge is 0.306 e. The van der Waals surface area contributed by atoms with Gasteiger partial charge < -0.3 is 10.4 Å². The maximum Gasteiger partial charge on any atom is 0.306 e. The third-order valence-electron chi connectivity index (χ3n) is 4.17. The number of aromatic nitrogens is 3. The zero-order chi connectivity index (χ0) is 16.2. The number of nitrogens with zero attached hydrogens (tertiary/aromatic N) is 3. The molecule has 0 radical (unpaired) electrons. The highest BCUT2D eigenvalue weighted by Crippen LogP contribution is 2.24. The van der Waals surface area contributed by atoms with Crippen LogP contribution in [0.25, 0.3) is 5.69 Å². The quantitative estimate of drug-likeness (QED) is 0.894. The molecule has 0 bridgehead atoms. The largest absolute Gasteiger partial charge is 0.481 e. The van der Waals surface area contributed by atoms with E-state index in [9.17, 15) is 9.59 Å². The van der Waals surface area contributed by atoms with Crippen molar-refractivity contribution in [2.45, 2.75) is 31.7 Å². The van der Waals surface area contributed by atoms with Crippen LogP contribution in [0.5, 0.6) is 0 Å². The van der Waals surface area contributed by atoms with E-state index in [1.165, 1.54) is 6.20 Å². The summed E-state index contributed by atoms with van der Waals surface area (Å²) in [6.07, 6.45) is 9.12. The number of hydrogen-bond acceptors (Lipinski definition) is 4. The topological polar surface area (TPSA) is 97.1 Å². The Morgan fingerprint density at radius 3 is 2.65 bits per heavy atom. The van der Waals surface area contributed by atoms with Crippen LogP contribution in [0, 0.1) is 5.92 Å². The molecule has 7 heteroatoms. The lowest BCUT2D eigenvalue weighted by Crippen LogP contribution is -2.38. The van der Waals surface area contributed by atoms with Crippen LogP contribution in [0.3, 0.4) is 0 Å². The van der Waals surface area contributed by atoms with E-state index in [0.29, 0.717) is 31.2 Å². The SMILES string of the molecule is O=C(NC1CCC(C(=O)O)CC1)c1cnn(-c2cccnc2)c1. The van der Waals surface area contributed by atoms with Gasteiger partial charge in [0.25, 0.3) is 5.91 Å². The molecule has 2 aromatic heterocycles. The van der Waals surface area contributed by atoms with Crippen LogP contribution in [0.2, 0.25) is 0 Å². The number of nitrogens with one attached hydrogen (secondary N) is 1. The Bertz CT molecular complexity index is 690. The molecular weight excluding hydrogens is 296 g/mol. The van der Waals surface area contributed by atoms with Gasteiger partial charge in [-0.05, 0) is 37.8 Å². The number of amides is 1. The van der Waals surface area contributed by atoms with E-state index >= 15 is 0 Å². The lowest BCUT2D eigenvalue weighted by Gasteiger charge is -2.26. The van der Waals surface area contributed by atoms with Gasteiger partial charge in [-0.3, -0.25) is 14.6 Å². The molecule has 2 aromatic rings. The summed E-state index contributed by atoms with van der Waals surface area (Å²) in [6, 6.07) is 3.69. The number of carbonyl (C=O) groups is 2. The normalized spacial score (nSPS) is 20.9. The molecule has 3 rings (SSSR count). The monoisotopic (exact) mass is 314 g/mol. The highest BCUT2D eigenvalue weighted by molar-refractivity contribution is 5.94. The van der Waals surface area contributed by atoms with Crippen LogP contribution < -0.4 is 5.32 Å². The second kappa shape index (κ2) is 6.60. The zero-order valence-electron chi connectivity index (χ0n) is 12.6. The predicted octanol–water partition coefficient (Wildman–Crippen LogP) is 1.64. The molecule has 0 spiro atoms. The van der Waals surface area contributed by atoms with Gasteiger partial charge in [0.15, 0.2) is 0 Å². The van der Waals surface area contributed by atoms with Crippen molar-refractivity contribution in [3.63, 3.8) is 0 Å². The fourth-order valence-electron chi connectivity index (χ4n) is 2.82. The van der Waals surface area contributed by atoms with Crippen LogP contribution in [-0.2, 0) is 4.79 Å². The van der Waals surface area contributed by atoms with Crippen molar-refractivity contribution in [1.82, 2.24) is 20.1 Å². The van der Waals surface area contributed by atoms with E-state index in [1.807, 2.05) is 6.07 Å². The first-order valence-electron chi connectivity index (χ1n) is 7.62. The lowest BCUT2D eigenvalue weighted by molar-refractivity contribution is -0.142. The molecule has 1 fully saturated rings. The molecule has 0 aromatic carbocycles. The fourth-order valence-corrected chi connectivity index (χ4v) is 2.82. The number of hydrogen-bond donors (Lipinski definition) is 2. The Morgan fingerprint density at radius 2 is 2.00 bits per heavy atom. The Hall–Kier alpha value is -2.70. The Labute approximate surface area is 133 Å². The summed E-state index contributed by atoms with van der Waals surface area (Å²) in [5.74, 6) is -1.21. The van der Waals surface area contributed by atoms with Crippen molar-refractivity contribution >= 4 is 11.9 Å². The van der Waals surface area contributed by atoms with Crippen LogP contribution in [0.4, 0.5) is 0 Å². The van der Waals surface area contributed by atoms with Gasteiger partial charge in [0.2, 0.25) is 0 Å². The van der Waals surface area contributed by atoms with Crippen LogP contribution in [-0.4, -0.2) is 37.8 Å². The van der Waals surface area contributed by atoms with E-state index in [1.54, 1.807) is 29.3 Å². The van der Waals surface area contributed by atoms with Crippen molar-refractivity contribution in [1.29, 1.82) is 0 Å². The summed E-state index contributed by atoms with van der Waals surface area (Å²) in [7, 11) is 0. The van der Waals surface area contributed by atoms with E-state index < -0.39 is 5.97 Å². The second-order valence-corrected chi connectivity index (χ2v) is 5.75. The molecule has 1 aliphatic carbocycles. The minimum absolute atomic E-state index is 0.0276. The lowest BCUT2D eigenvalue weighted by atomic mass is 9.86. The third kappa shape index (κ3) is 3.56. The minimum Gasteiger partial charge on any atom is -0.481 e. The van der Waals surface area contributed by atoms with E-state index in [-0.39, 0.29) is 17.9 Å². The summed E-state index contributed by atoms with van der Waals surface area (Å²) >= 11 is 0. The number of pyridine rings is 1. The molecule has 0 unspecified atom stereocenters. The van der Waals surface area contributed by atoms with Gasteiger partial charge in [-0.2, -0.15) is 5.10 Å². The number of carbonyl (C=O) groups excluding carboxylic acids is 1. The molecule has 0 saturated heterocycles. The van der Waals surface area contributed by atoms with Crippen molar-refractivity contribution in [2.24, 2.45) is 5.92 Å². The fraction of sp³-hybridized carbons (Fsp3) is 0.375. The van der Waals surface area contributed by atoms with Crippen molar-refractivity contribution in [3.8, 4) is 5.69 Å². The number of carboxylic acid groups (broad SMARTS) is 1. The summed E-state index contributed by atoms with van der Waals surface area (Å²) in [6.45, 7) is 0. The van der Waals surface area contributed by atoms with Gasteiger partial charge in [-0.1, -0.05) is 0 Å². The predicted molar refractivity (Wildman–Crippen MR) is 82.2 cm³/mol. The molecule has 23 heavy (non-hydrogen) atoms. The molecule has 0 atom stereocenters. The molecule has 2 heterocycles. The number of aliphatic carboxylic acids is 1. The van der Waals surface area contributed by atoms with Gasteiger partial charge in [0.1, 0.15) is 0 Å². The highest BCUT2D eigenvalue weighted by Gasteiger charge is 2.27. The Morgan fingerprint density at radius 1 is 1.22 bits per heavy atom. The van der Waals surface area contributed by atoms with Crippen molar-refractivity contribution in [2.75, 3.05) is 0 Å². The van der Waals surface area contributed by atoms with Gasteiger partial charge in [-0.25, -0.2) is 4.68 Å². The number of rotatable bonds is 4. The molecule has 1 saturated carbocycles. The maximum absolute atomic E-state index is 12.3. The maximum atomic E-state index is 12.3. The average molecular weight is 314 g/mol. The summed E-state index contributed by atoms with van der Waals surface area (Å²) in [5, 5.41) is 16.1. The standard InChI is InChI=1S/C16H18N4O3/c21-15(19-13-5-3-11(4-6-13)16(22)23)12-8-18-20(10-12)14-2-1-7-17-9-14/h1-2,7-11,13H,3-6H2,(H,19,21)(H,22,23). The summed E-state index contributed by atoms with van der Waals surface area (Å²) in [5.41, 5.74) is 1.27. The average Bonchev–Trinajstić information content (AvgIpc) is 3.06. The number of carboxylic acids is 1. The van der Waals surface area contributed by atoms with Crippen molar-refractivity contribution < 1.29 is 14.7 Å². The first kappa shape index (κ1) is 15.2. The molecule has 120 valence electrons. The molecule has 2 N–H and O–H groups in total. The zero-order valence-corrected chi connectivity index (χ0v) is 12.6. The molecule has 7 nitrogen and oxygen atoms in total. The third-order valence-corrected chi connectivity index (χ3v) is 4.17. The molecule has 1 amide bonds. The molecular formula is C16H18N4O3. The van der Waals surface area contributed by atoms with Gasteiger partial charge in [0, 0.05) is 18.4 Å². The van der Waals surface area contributed by atoms with Gasteiger partial charge in [-0.15, -0.1) is 0 Å². The van der Waals surface area contributed by atoms with Crippen LogP contribution >= 0.6 is 0 Å². The minimum atomic E-state index is -0.743. The van der Waals surface area contributed by atoms with E-state index in [2.05, 4.69) is 15.4 Å². The first-order valence-corrected chi connectivity index (χ1v) is 7.62. The van der Waals surface area contributed by atoms with E-state index in [0.717, 1.165) is 5.69 Å². The van der Waals surface area contributed by atoms with Crippen LogP contribution in [0.15, 0.2) is 36.9 Å². The summed E-state index contributed by atoms with van der Waals surface area (Å²) in [4.78, 5) is 27.2. The van der Waals surface area contributed by atoms with Gasteiger partial charge in [0.05, 0.1) is 29.6 Å². The van der Waals surface area contributed by atoms with E-state index in [4.69, 9.17) is 5.11 Å². The Balaban J connectivity index is 1.59. The van der Waals surface area contributed by atoms with Crippen molar-refractivity contribution in [3.05, 3.63) is 42.5 Å². The van der Waals surface area contributed by atoms with Crippen LogP contribution in [0.1, 0.15) is 36.0 Å². The second-order valence-electron chi connectivity index (χ2n) is 5.75. The van der Waals surface area contributed by atoms with Gasteiger partial charge >= 0.3 is 5.97 Å². The molecule has 0 aliphatic heterocycles. The highest BCUT2D eigenvalue weighted by atomic mass is 16.4. The molecule has 1 aliphatic rings.